The zero-order valence-electron chi connectivity index (χ0n) is 26.7. The Morgan fingerprint density at radius 3 is 1.53 bits per heavy atom. The van der Waals surface area contributed by atoms with E-state index in [1.807, 2.05) is 6.08 Å². The van der Waals surface area contributed by atoms with E-state index in [0.717, 1.165) is 12.8 Å². The zero-order valence-corrected chi connectivity index (χ0v) is 26.7. The van der Waals surface area contributed by atoms with Gasteiger partial charge in [0.05, 0.1) is 0 Å². The first-order valence-electron chi connectivity index (χ1n) is 15.7. The van der Waals surface area contributed by atoms with Gasteiger partial charge in [-0.2, -0.15) is 0 Å². The Hall–Kier alpha value is -2.86. The molecule has 0 atom stereocenters. The van der Waals surface area contributed by atoms with Crippen molar-refractivity contribution in [3.05, 3.63) is 193 Å². The Morgan fingerprint density at radius 2 is 1.09 bits per heavy atom. The van der Waals surface area contributed by atoms with Gasteiger partial charge in [0.15, 0.2) is 0 Å². The predicted molar refractivity (Wildman–Crippen MR) is 182 cm³/mol. The van der Waals surface area contributed by atoms with E-state index < -0.39 is 5.41 Å². The van der Waals surface area contributed by atoms with E-state index in [1.165, 1.54) is 63.7 Å². The molecule has 10 radical (unpaired) electrons. The molecule has 2 saturated carbocycles. The second kappa shape index (κ2) is 11.6. The third-order valence-electron chi connectivity index (χ3n) is 9.28. The molecular formula is C43H44. The Bertz CT molecular complexity index is 1310. The molecule has 0 N–H and O–H groups in total. The summed E-state index contributed by atoms with van der Waals surface area (Å²) < 4.78 is 0. The monoisotopic (exact) mass is 560 g/mol. The normalized spacial score (nSPS) is 21.6. The van der Waals surface area contributed by atoms with Crippen molar-refractivity contribution < 1.29 is 0 Å². The largest absolute Gasteiger partial charge is 0.103 e. The van der Waals surface area contributed by atoms with Gasteiger partial charge in [-0.15, -0.1) is 6.58 Å². The first-order valence-corrected chi connectivity index (χ1v) is 15.7. The van der Waals surface area contributed by atoms with E-state index in [-0.39, 0.29) is 10.8 Å². The summed E-state index contributed by atoms with van der Waals surface area (Å²) in [5, 5.41) is 0. The van der Waals surface area contributed by atoms with Crippen molar-refractivity contribution in [1.82, 2.24) is 0 Å². The predicted octanol–water partition coefficient (Wildman–Crippen LogP) is 10.7. The summed E-state index contributed by atoms with van der Waals surface area (Å²) in [5.74, 6) is 9.40. The summed E-state index contributed by atoms with van der Waals surface area (Å²) in [6, 6.07) is 22.4. The van der Waals surface area contributed by atoms with Crippen LogP contribution in [0.4, 0.5) is 0 Å². The van der Waals surface area contributed by atoms with Crippen molar-refractivity contribution >= 4 is 0 Å². The molecule has 0 bridgehead atoms. The maximum absolute atomic E-state index is 3.99. The van der Waals surface area contributed by atoms with Gasteiger partial charge in [-0.1, -0.05) is 145 Å². The highest BCUT2D eigenvalue weighted by Crippen LogP contribution is 2.69. The van der Waals surface area contributed by atoms with Gasteiger partial charge < -0.3 is 0 Å². The van der Waals surface area contributed by atoms with Gasteiger partial charge in [-0.3, -0.25) is 0 Å². The van der Waals surface area contributed by atoms with Crippen LogP contribution in [0.5, 0.6) is 0 Å². The molecule has 4 aliphatic rings. The van der Waals surface area contributed by atoms with E-state index in [2.05, 4.69) is 165 Å². The molecule has 0 spiro atoms. The van der Waals surface area contributed by atoms with Crippen molar-refractivity contribution in [2.75, 3.05) is 0 Å². The average molecular weight is 561 g/mol. The average Bonchev–Trinajstić information content (AvgIpc) is 3.60. The fraction of sp³-hybridized carbons (Fsp3) is 0.256. The molecule has 216 valence electrons. The lowest BCUT2D eigenvalue weighted by atomic mass is 9.52. The molecule has 0 heterocycles. The number of benzene rings is 2. The van der Waals surface area contributed by atoms with E-state index in [1.54, 1.807) is 0 Å². The van der Waals surface area contributed by atoms with Gasteiger partial charge in [0.1, 0.15) is 0 Å². The second-order valence-corrected chi connectivity index (χ2v) is 14.2. The first-order chi connectivity index (χ1) is 20.5. The van der Waals surface area contributed by atoms with Crippen LogP contribution in [-0.4, -0.2) is 0 Å². The van der Waals surface area contributed by atoms with Crippen molar-refractivity contribution in [3.63, 3.8) is 0 Å². The molecule has 43 heavy (non-hydrogen) atoms. The molecule has 6 rings (SSSR count). The molecule has 0 unspecified atom stereocenters. The van der Waals surface area contributed by atoms with Crippen LogP contribution in [0.3, 0.4) is 0 Å². The Balaban J connectivity index is 1.63. The molecule has 0 heteroatoms. The van der Waals surface area contributed by atoms with Gasteiger partial charge in [0.2, 0.25) is 0 Å². The fourth-order valence-electron chi connectivity index (χ4n) is 6.91. The number of hydrogen-bond donors (Lipinski definition) is 0. The summed E-state index contributed by atoms with van der Waals surface area (Å²) >= 11 is 0. The summed E-state index contributed by atoms with van der Waals surface area (Å²) in [7, 11) is 0. The molecular weight excluding hydrogens is 516 g/mol. The summed E-state index contributed by atoms with van der Waals surface area (Å²) in [4.78, 5) is 0. The van der Waals surface area contributed by atoms with E-state index in [4.69, 9.17) is 0 Å². The summed E-state index contributed by atoms with van der Waals surface area (Å²) in [6.45, 7) is 17.9. The Kier molecular flexibility index (Phi) is 8.12. The van der Waals surface area contributed by atoms with Crippen LogP contribution in [0.15, 0.2) is 121 Å². The number of allylic oxidation sites excluding steroid dienone is 9. The van der Waals surface area contributed by atoms with E-state index >= 15 is 0 Å². The van der Waals surface area contributed by atoms with Crippen LogP contribution in [0.1, 0.15) is 65.5 Å². The molecule has 2 aromatic carbocycles. The molecule has 0 saturated heterocycles. The van der Waals surface area contributed by atoms with Crippen LogP contribution in [-0.2, 0) is 5.41 Å². The van der Waals surface area contributed by atoms with Crippen LogP contribution in [0.25, 0.3) is 0 Å². The minimum Gasteiger partial charge on any atom is -0.103 e. The van der Waals surface area contributed by atoms with Gasteiger partial charge in [-0.05, 0) is 77.0 Å². The standard InChI is InChI=1S/C43H44/c1-8-9-16-30-21-22-35(27-30)43(31-17-12-10-13-18-31,32-19-14-11-15-20-32)40-38-28-33(41(2,3)4)23-25-36(38)37-26-24-34(29-39(37)40)42(5,6)7/h8,10-15,17-29H,1,9,16H2,2-7H3. The number of fused-ring (bicyclic) bond motifs is 3. The van der Waals surface area contributed by atoms with Crippen LogP contribution in [0, 0.1) is 71.5 Å². The minimum absolute atomic E-state index is 0.0335. The highest BCUT2D eigenvalue weighted by Gasteiger charge is 2.63. The molecule has 4 aliphatic carbocycles. The van der Waals surface area contributed by atoms with E-state index in [0.29, 0.717) is 0 Å². The minimum atomic E-state index is -0.512. The van der Waals surface area contributed by atoms with Gasteiger partial charge in [-0.25, -0.2) is 0 Å². The lowest BCUT2D eigenvalue weighted by Crippen LogP contribution is -2.44. The Morgan fingerprint density at radius 1 is 0.605 bits per heavy atom. The third-order valence-corrected chi connectivity index (χ3v) is 9.28. The fourth-order valence-corrected chi connectivity index (χ4v) is 6.91. The molecule has 2 fully saturated rings. The molecule has 0 aliphatic heterocycles. The number of hydrogen-bond acceptors (Lipinski definition) is 0. The second-order valence-electron chi connectivity index (χ2n) is 14.2. The molecule has 0 nitrogen and oxygen atoms in total. The highest BCUT2D eigenvalue weighted by atomic mass is 14.6. The van der Waals surface area contributed by atoms with Crippen LogP contribution >= 0.6 is 0 Å². The highest BCUT2D eigenvalue weighted by molar-refractivity contribution is 5.84. The van der Waals surface area contributed by atoms with Crippen molar-refractivity contribution in [2.45, 2.75) is 59.8 Å². The summed E-state index contributed by atoms with van der Waals surface area (Å²) in [5.41, 5.74) is 4.85. The maximum atomic E-state index is 3.99. The third kappa shape index (κ3) is 5.38. The van der Waals surface area contributed by atoms with Gasteiger partial charge in [0, 0.05) is 35.0 Å². The topological polar surface area (TPSA) is 0 Å². The number of rotatable bonds is 7. The first kappa shape index (κ1) is 30.2. The van der Waals surface area contributed by atoms with Crippen molar-refractivity contribution in [2.24, 2.45) is 10.8 Å². The summed E-state index contributed by atoms with van der Waals surface area (Å²) in [6.07, 6.45) is 25.6. The Labute approximate surface area is 262 Å². The molecule has 0 amide bonds. The van der Waals surface area contributed by atoms with Crippen molar-refractivity contribution in [1.29, 1.82) is 0 Å². The van der Waals surface area contributed by atoms with Crippen molar-refractivity contribution in [3.8, 4) is 0 Å². The molecule has 0 aromatic heterocycles. The quantitative estimate of drug-likeness (QED) is 0.296. The van der Waals surface area contributed by atoms with E-state index in [9.17, 15) is 0 Å². The van der Waals surface area contributed by atoms with Gasteiger partial charge >= 0.3 is 0 Å². The smallest absolute Gasteiger partial charge is 0.0351 e. The lowest BCUT2D eigenvalue weighted by Gasteiger charge is -2.49. The molecule has 2 aromatic rings. The van der Waals surface area contributed by atoms with Crippen LogP contribution in [0.2, 0.25) is 0 Å². The van der Waals surface area contributed by atoms with Gasteiger partial charge in [0.25, 0.3) is 0 Å². The van der Waals surface area contributed by atoms with Crippen LogP contribution < -0.4 is 0 Å². The lowest BCUT2D eigenvalue weighted by molar-refractivity contribution is 0.510. The SMILES string of the molecule is C=CCC[C]1[CH][CH][C](C([C]2[C]3C=C(C(C)(C)C)C=C[C]3[C]3C=CC(C(C)(C)C)=C[C]32)(c2ccccc2)c2ccccc2)[CH]1. The zero-order chi connectivity index (χ0) is 30.4. The maximum Gasteiger partial charge on any atom is 0.0351 e.